The number of benzene rings is 4. The molecule has 34 heavy (non-hydrogen) atoms. The zero-order chi connectivity index (χ0) is 23.9. The van der Waals surface area contributed by atoms with Gasteiger partial charge in [-0.25, -0.2) is 0 Å². The lowest BCUT2D eigenvalue weighted by Crippen LogP contribution is -1.99. The van der Waals surface area contributed by atoms with Crippen LogP contribution in [0.25, 0.3) is 11.1 Å². The summed E-state index contributed by atoms with van der Waals surface area (Å²) < 4.78 is 0. The molecule has 2 N–H and O–H groups in total. The van der Waals surface area contributed by atoms with Gasteiger partial charge in [-0.3, -0.25) is 0 Å². The van der Waals surface area contributed by atoms with Crippen molar-refractivity contribution >= 4 is 11.4 Å². The van der Waals surface area contributed by atoms with Gasteiger partial charge in [0.2, 0.25) is 0 Å². The van der Waals surface area contributed by atoms with Crippen LogP contribution >= 0.6 is 0 Å². The van der Waals surface area contributed by atoms with Gasteiger partial charge >= 0.3 is 0 Å². The summed E-state index contributed by atoms with van der Waals surface area (Å²) in [6.07, 6.45) is 3.55. The molecule has 0 aliphatic heterocycles. The molecule has 1 unspecified atom stereocenters. The Morgan fingerprint density at radius 3 is 2.12 bits per heavy atom. The van der Waals surface area contributed by atoms with Crippen LogP contribution in [-0.2, 0) is 6.42 Å². The number of rotatable bonds is 9. The van der Waals surface area contributed by atoms with Gasteiger partial charge in [0.05, 0.1) is 6.10 Å². The molecule has 0 saturated heterocycles. The van der Waals surface area contributed by atoms with Crippen molar-refractivity contribution in [3.05, 3.63) is 119 Å². The Labute approximate surface area is 204 Å². The molecule has 0 heterocycles. The van der Waals surface area contributed by atoms with E-state index >= 15 is 0 Å². The number of hydrogen-bond acceptors (Lipinski definition) is 2. The first kappa shape index (κ1) is 23.8. The monoisotopic (exact) mass is 449 g/mol. The molecule has 4 aromatic carbocycles. The normalized spacial score (nSPS) is 11.9. The van der Waals surface area contributed by atoms with Crippen LogP contribution in [0.5, 0.6) is 0 Å². The molecule has 0 aliphatic carbocycles. The highest BCUT2D eigenvalue weighted by molar-refractivity contribution is 5.73. The van der Waals surface area contributed by atoms with E-state index in [1.807, 2.05) is 0 Å². The molecule has 0 aromatic heterocycles. The van der Waals surface area contributed by atoms with Crippen molar-refractivity contribution in [2.24, 2.45) is 0 Å². The minimum absolute atomic E-state index is 0.374. The van der Waals surface area contributed by atoms with E-state index in [0.29, 0.717) is 0 Å². The number of unbranched alkanes of at least 4 members (excludes halogenated alkanes) is 1. The summed E-state index contributed by atoms with van der Waals surface area (Å²) in [6, 6.07) is 32.0. The Bertz CT molecular complexity index is 1210. The second-order valence-electron chi connectivity index (χ2n) is 9.32. The Kier molecular flexibility index (Phi) is 7.82. The standard InChI is InChI=1S/C32H35NO/c1-23-13-17-28(21-25(23)3)32(34)12-8-7-9-26-15-19-29(20-16-26)33-30-18-14-24(2)31(22-30)27-10-5-4-6-11-27/h4-6,10-11,13-22,32-34H,7-9,12H2,1-3H3. The molecule has 2 heteroatoms. The molecule has 0 spiro atoms. The molecular weight excluding hydrogens is 414 g/mol. The Morgan fingerprint density at radius 2 is 1.38 bits per heavy atom. The quantitative estimate of drug-likeness (QED) is 0.251. The van der Waals surface area contributed by atoms with Crippen LogP contribution in [0.1, 0.15) is 53.2 Å². The van der Waals surface area contributed by atoms with E-state index in [1.54, 1.807) is 0 Å². The average molecular weight is 450 g/mol. The highest BCUT2D eigenvalue weighted by Crippen LogP contribution is 2.28. The number of nitrogens with one attached hydrogen (secondary N) is 1. The Balaban J connectivity index is 1.28. The van der Waals surface area contributed by atoms with E-state index in [1.165, 1.54) is 33.4 Å². The van der Waals surface area contributed by atoms with Gasteiger partial charge in [-0.2, -0.15) is 0 Å². The predicted molar refractivity (Wildman–Crippen MR) is 145 cm³/mol. The first-order valence-electron chi connectivity index (χ1n) is 12.3. The number of aliphatic hydroxyl groups excluding tert-OH is 1. The molecule has 2 nitrogen and oxygen atoms in total. The van der Waals surface area contributed by atoms with Crippen molar-refractivity contribution in [1.29, 1.82) is 0 Å². The van der Waals surface area contributed by atoms with Crippen LogP contribution in [0.4, 0.5) is 11.4 Å². The van der Waals surface area contributed by atoms with Gasteiger partial charge in [0, 0.05) is 11.4 Å². The molecule has 174 valence electrons. The summed E-state index contributed by atoms with van der Waals surface area (Å²) >= 11 is 0. The van der Waals surface area contributed by atoms with Crippen LogP contribution in [-0.4, -0.2) is 5.11 Å². The van der Waals surface area contributed by atoms with Gasteiger partial charge in [0.15, 0.2) is 0 Å². The van der Waals surface area contributed by atoms with Gasteiger partial charge < -0.3 is 10.4 Å². The minimum atomic E-state index is -0.374. The Morgan fingerprint density at radius 1 is 0.676 bits per heavy atom. The third-order valence-corrected chi connectivity index (χ3v) is 6.67. The lowest BCUT2D eigenvalue weighted by molar-refractivity contribution is 0.163. The minimum Gasteiger partial charge on any atom is -0.388 e. The molecule has 4 rings (SSSR count). The molecule has 0 radical (unpaired) electrons. The van der Waals surface area contributed by atoms with E-state index in [9.17, 15) is 5.11 Å². The summed E-state index contributed by atoms with van der Waals surface area (Å²) in [5.74, 6) is 0. The summed E-state index contributed by atoms with van der Waals surface area (Å²) in [6.45, 7) is 6.36. The lowest BCUT2D eigenvalue weighted by atomic mass is 9.98. The lowest BCUT2D eigenvalue weighted by Gasteiger charge is -2.13. The van der Waals surface area contributed by atoms with Crippen molar-refractivity contribution in [1.82, 2.24) is 0 Å². The third kappa shape index (κ3) is 6.15. The molecule has 4 aromatic rings. The summed E-state index contributed by atoms with van der Waals surface area (Å²) in [5.41, 5.74) is 10.8. The molecule has 1 atom stereocenters. The largest absolute Gasteiger partial charge is 0.388 e. The molecule has 0 fully saturated rings. The second kappa shape index (κ2) is 11.2. The number of aryl methyl sites for hydroxylation is 4. The van der Waals surface area contributed by atoms with Gasteiger partial charge in [-0.05, 0) is 103 Å². The molecular formula is C32H35NO. The highest BCUT2D eigenvalue weighted by atomic mass is 16.3. The smallest absolute Gasteiger partial charge is 0.0790 e. The average Bonchev–Trinajstić information content (AvgIpc) is 2.86. The number of hydrogen-bond donors (Lipinski definition) is 2. The second-order valence-corrected chi connectivity index (χ2v) is 9.32. The molecule has 0 aliphatic rings. The number of anilines is 2. The zero-order valence-electron chi connectivity index (χ0n) is 20.5. The zero-order valence-corrected chi connectivity index (χ0v) is 20.5. The predicted octanol–water partition coefficient (Wildman–Crippen LogP) is 8.47. The maximum absolute atomic E-state index is 10.5. The van der Waals surface area contributed by atoms with Crippen LogP contribution in [0, 0.1) is 20.8 Å². The summed E-state index contributed by atoms with van der Waals surface area (Å²) in [5, 5.41) is 14.1. The van der Waals surface area contributed by atoms with Gasteiger partial charge in [-0.15, -0.1) is 0 Å². The van der Waals surface area contributed by atoms with Crippen molar-refractivity contribution < 1.29 is 5.11 Å². The van der Waals surface area contributed by atoms with Crippen LogP contribution in [0.15, 0.2) is 91.0 Å². The van der Waals surface area contributed by atoms with Crippen LogP contribution in [0.2, 0.25) is 0 Å². The SMILES string of the molecule is Cc1ccc(C(O)CCCCc2ccc(Nc3ccc(C)c(-c4ccccc4)c3)cc2)cc1C. The summed E-state index contributed by atoms with van der Waals surface area (Å²) in [7, 11) is 0. The fourth-order valence-corrected chi connectivity index (χ4v) is 4.36. The number of aliphatic hydroxyl groups is 1. The highest BCUT2D eigenvalue weighted by Gasteiger charge is 2.08. The third-order valence-electron chi connectivity index (χ3n) is 6.67. The van der Waals surface area contributed by atoms with E-state index in [0.717, 1.165) is 42.6 Å². The van der Waals surface area contributed by atoms with Crippen LogP contribution < -0.4 is 5.32 Å². The Hall–Kier alpha value is -3.36. The van der Waals surface area contributed by atoms with Crippen molar-refractivity contribution in [3.63, 3.8) is 0 Å². The molecule has 0 saturated carbocycles. The topological polar surface area (TPSA) is 32.3 Å². The maximum atomic E-state index is 10.5. The first-order valence-corrected chi connectivity index (χ1v) is 12.3. The van der Waals surface area contributed by atoms with Crippen molar-refractivity contribution in [2.45, 2.75) is 52.6 Å². The summed E-state index contributed by atoms with van der Waals surface area (Å²) in [4.78, 5) is 0. The molecule has 0 amide bonds. The van der Waals surface area contributed by atoms with E-state index < -0.39 is 0 Å². The van der Waals surface area contributed by atoms with Crippen LogP contribution in [0.3, 0.4) is 0 Å². The molecule has 0 bridgehead atoms. The van der Waals surface area contributed by atoms with Crippen molar-refractivity contribution in [2.75, 3.05) is 5.32 Å². The van der Waals surface area contributed by atoms with E-state index in [4.69, 9.17) is 0 Å². The fourth-order valence-electron chi connectivity index (χ4n) is 4.36. The fraction of sp³-hybridized carbons (Fsp3) is 0.250. The van der Waals surface area contributed by atoms with Gasteiger partial charge in [0.25, 0.3) is 0 Å². The van der Waals surface area contributed by atoms with Gasteiger partial charge in [-0.1, -0.05) is 73.2 Å². The van der Waals surface area contributed by atoms with Crippen molar-refractivity contribution in [3.8, 4) is 11.1 Å². The van der Waals surface area contributed by atoms with E-state index in [-0.39, 0.29) is 6.10 Å². The maximum Gasteiger partial charge on any atom is 0.0790 e. The van der Waals surface area contributed by atoms with E-state index in [2.05, 4.69) is 117 Å². The van der Waals surface area contributed by atoms with Gasteiger partial charge in [0.1, 0.15) is 0 Å². The first-order chi connectivity index (χ1) is 16.5.